The van der Waals surface area contributed by atoms with Gasteiger partial charge in [-0.15, -0.1) is 0 Å². The molecule has 0 unspecified atom stereocenters. The zero-order valence-electron chi connectivity index (χ0n) is 14.1. The minimum atomic E-state index is -0.752. The van der Waals surface area contributed by atoms with E-state index in [2.05, 4.69) is 13.8 Å². The number of hydrogen-bond acceptors (Lipinski definition) is 5. The van der Waals surface area contributed by atoms with Crippen molar-refractivity contribution in [3.05, 3.63) is 0 Å². The minimum absolute atomic E-state index is 0.0657. The summed E-state index contributed by atoms with van der Waals surface area (Å²) in [6.07, 6.45) is 8.05. The second kappa shape index (κ2) is 14.8. The van der Waals surface area contributed by atoms with Gasteiger partial charge in [0.25, 0.3) is 0 Å². The number of unbranched alkanes of at least 4 members (excludes halogenated alkanes) is 6. The van der Waals surface area contributed by atoms with Crippen LogP contribution in [0.4, 0.5) is 0 Å². The highest BCUT2D eigenvalue weighted by Crippen LogP contribution is 2.07. The first-order valence-corrected chi connectivity index (χ1v) is 8.59. The van der Waals surface area contributed by atoms with Crippen LogP contribution in [0.3, 0.4) is 0 Å². The molecule has 0 saturated carbocycles. The third kappa shape index (κ3) is 12.6. The molecule has 22 heavy (non-hydrogen) atoms. The van der Waals surface area contributed by atoms with Crippen LogP contribution >= 0.6 is 0 Å². The molecule has 0 fully saturated rings. The summed E-state index contributed by atoms with van der Waals surface area (Å²) in [5.41, 5.74) is 0. The summed E-state index contributed by atoms with van der Waals surface area (Å²) in [6, 6.07) is 0. The number of hydrogen-bond donors (Lipinski definition) is 1. The van der Waals surface area contributed by atoms with Crippen LogP contribution in [-0.4, -0.2) is 36.4 Å². The van der Waals surface area contributed by atoms with Gasteiger partial charge in [-0.05, 0) is 12.8 Å². The van der Waals surface area contributed by atoms with E-state index in [-0.39, 0.29) is 25.2 Å². The van der Waals surface area contributed by atoms with Gasteiger partial charge in [-0.2, -0.15) is 0 Å². The van der Waals surface area contributed by atoms with Crippen LogP contribution in [0.5, 0.6) is 0 Å². The highest BCUT2D eigenvalue weighted by molar-refractivity contribution is 5.70. The Balaban J connectivity index is 3.76. The molecule has 0 amide bonds. The lowest BCUT2D eigenvalue weighted by molar-refractivity contribution is -0.161. The first-order valence-electron chi connectivity index (χ1n) is 8.59. The normalized spacial score (nSPS) is 12.0. The maximum atomic E-state index is 11.6. The topological polar surface area (TPSA) is 72.8 Å². The molecule has 0 aliphatic carbocycles. The smallest absolute Gasteiger partial charge is 0.306 e. The van der Waals surface area contributed by atoms with Crippen molar-refractivity contribution in [3.63, 3.8) is 0 Å². The molecule has 1 atom stereocenters. The number of carbonyl (C=O) groups is 2. The van der Waals surface area contributed by atoms with Gasteiger partial charge in [0, 0.05) is 12.8 Å². The molecular weight excluding hydrogens is 284 g/mol. The zero-order valence-corrected chi connectivity index (χ0v) is 14.1. The van der Waals surface area contributed by atoms with E-state index < -0.39 is 6.10 Å². The zero-order chi connectivity index (χ0) is 16.6. The summed E-state index contributed by atoms with van der Waals surface area (Å²) in [4.78, 5) is 23.1. The summed E-state index contributed by atoms with van der Waals surface area (Å²) in [7, 11) is 0. The standard InChI is InChI=1S/C17H32O5/c1-3-5-7-9-11-16(19)21-14-15(13-18)22-17(20)12-10-8-6-4-2/h15,18H,3-14H2,1-2H3/t15-/m0/s1. The van der Waals surface area contributed by atoms with Gasteiger partial charge >= 0.3 is 11.9 Å². The Labute approximate surface area is 134 Å². The molecule has 0 rings (SSSR count). The summed E-state index contributed by atoms with van der Waals surface area (Å²) in [5.74, 6) is -0.636. The Morgan fingerprint density at radius 1 is 0.864 bits per heavy atom. The lowest BCUT2D eigenvalue weighted by Crippen LogP contribution is -2.28. The van der Waals surface area contributed by atoms with Gasteiger partial charge in [-0.3, -0.25) is 9.59 Å². The second-order valence-corrected chi connectivity index (χ2v) is 5.60. The molecule has 0 aromatic rings. The maximum absolute atomic E-state index is 11.6. The minimum Gasteiger partial charge on any atom is -0.462 e. The Bertz CT molecular complexity index is 291. The van der Waals surface area contributed by atoms with E-state index in [0.717, 1.165) is 51.4 Å². The van der Waals surface area contributed by atoms with Gasteiger partial charge < -0.3 is 14.6 Å². The van der Waals surface area contributed by atoms with Gasteiger partial charge in [0.05, 0.1) is 6.61 Å². The molecule has 5 nitrogen and oxygen atoms in total. The van der Waals surface area contributed by atoms with Gasteiger partial charge in [-0.25, -0.2) is 0 Å². The molecule has 130 valence electrons. The molecule has 0 aromatic carbocycles. The second-order valence-electron chi connectivity index (χ2n) is 5.60. The van der Waals surface area contributed by atoms with Crippen LogP contribution in [0.1, 0.15) is 78.1 Å². The number of ether oxygens (including phenoxy) is 2. The summed E-state index contributed by atoms with van der Waals surface area (Å²) < 4.78 is 10.2. The van der Waals surface area contributed by atoms with Crippen molar-refractivity contribution in [2.45, 2.75) is 84.2 Å². The van der Waals surface area contributed by atoms with Crippen molar-refractivity contribution in [2.24, 2.45) is 0 Å². The number of rotatable bonds is 14. The summed E-state index contributed by atoms with van der Waals surface area (Å²) in [5, 5.41) is 9.17. The third-order valence-corrected chi connectivity index (χ3v) is 3.40. The van der Waals surface area contributed by atoms with Gasteiger partial charge in [0.2, 0.25) is 0 Å². The Hall–Kier alpha value is -1.10. The SMILES string of the molecule is CCCCCCC(=O)OC[C@H](CO)OC(=O)CCCCCC. The molecule has 0 aromatic heterocycles. The van der Waals surface area contributed by atoms with Gasteiger partial charge in [0.1, 0.15) is 6.61 Å². The average molecular weight is 316 g/mol. The van der Waals surface area contributed by atoms with Crippen molar-refractivity contribution in [3.8, 4) is 0 Å². The fourth-order valence-electron chi connectivity index (χ4n) is 2.02. The monoisotopic (exact) mass is 316 g/mol. The quantitative estimate of drug-likeness (QED) is 0.393. The van der Waals surface area contributed by atoms with Crippen LogP contribution < -0.4 is 0 Å². The Morgan fingerprint density at radius 3 is 1.91 bits per heavy atom. The highest BCUT2D eigenvalue weighted by Gasteiger charge is 2.15. The molecule has 5 heteroatoms. The summed E-state index contributed by atoms with van der Waals surface area (Å²) >= 11 is 0. The molecule has 0 spiro atoms. The average Bonchev–Trinajstić information content (AvgIpc) is 2.52. The number of aliphatic hydroxyl groups excluding tert-OH is 1. The van der Waals surface area contributed by atoms with E-state index in [1.54, 1.807) is 0 Å². The van der Waals surface area contributed by atoms with Crippen LogP contribution in [-0.2, 0) is 19.1 Å². The molecule has 0 aliphatic heterocycles. The fourth-order valence-corrected chi connectivity index (χ4v) is 2.02. The number of aliphatic hydroxyl groups is 1. The van der Waals surface area contributed by atoms with E-state index in [9.17, 15) is 14.7 Å². The van der Waals surface area contributed by atoms with E-state index >= 15 is 0 Å². The van der Waals surface area contributed by atoms with Crippen LogP contribution in [0.15, 0.2) is 0 Å². The molecule has 0 saturated heterocycles. The Morgan fingerprint density at radius 2 is 1.41 bits per heavy atom. The van der Waals surface area contributed by atoms with E-state index in [4.69, 9.17) is 9.47 Å². The molecular formula is C17H32O5. The van der Waals surface area contributed by atoms with Crippen molar-refractivity contribution in [1.82, 2.24) is 0 Å². The third-order valence-electron chi connectivity index (χ3n) is 3.40. The van der Waals surface area contributed by atoms with Crippen molar-refractivity contribution in [1.29, 1.82) is 0 Å². The van der Waals surface area contributed by atoms with E-state index in [1.165, 1.54) is 0 Å². The Kier molecular flexibility index (Phi) is 14.1. The predicted octanol–water partition coefficient (Wildman–Crippen LogP) is 3.37. The van der Waals surface area contributed by atoms with Crippen LogP contribution in [0.2, 0.25) is 0 Å². The maximum Gasteiger partial charge on any atom is 0.306 e. The van der Waals surface area contributed by atoms with Crippen molar-refractivity contribution < 1.29 is 24.2 Å². The molecule has 1 N–H and O–H groups in total. The fraction of sp³-hybridized carbons (Fsp3) is 0.882. The molecule has 0 radical (unpaired) electrons. The molecule has 0 bridgehead atoms. The lowest BCUT2D eigenvalue weighted by Gasteiger charge is -2.15. The summed E-state index contributed by atoms with van der Waals surface area (Å²) in [6.45, 7) is 3.82. The molecule has 0 aliphatic rings. The number of esters is 2. The number of carbonyl (C=O) groups excluding carboxylic acids is 2. The van der Waals surface area contributed by atoms with Gasteiger partial charge in [-0.1, -0.05) is 52.4 Å². The first kappa shape index (κ1) is 20.9. The molecule has 0 heterocycles. The lowest BCUT2D eigenvalue weighted by atomic mass is 10.1. The highest BCUT2D eigenvalue weighted by atomic mass is 16.6. The predicted molar refractivity (Wildman–Crippen MR) is 85.4 cm³/mol. The van der Waals surface area contributed by atoms with Crippen LogP contribution in [0, 0.1) is 0 Å². The van der Waals surface area contributed by atoms with Crippen LogP contribution in [0.25, 0.3) is 0 Å². The van der Waals surface area contributed by atoms with E-state index in [0.29, 0.717) is 12.8 Å². The van der Waals surface area contributed by atoms with Gasteiger partial charge in [0.15, 0.2) is 6.10 Å². The van der Waals surface area contributed by atoms with Crippen molar-refractivity contribution in [2.75, 3.05) is 13.2 Å². The van der Waals surface area contributed by atoms with Crippen molar-refractivity contribution >= 4 is 11.9 Å². The van der Waals surface area contributed by atoms with E-state index in [1.807, 2.05) is 0 Å². The largest absolute Gasteiger partial charge is 0.462 e. The first-order chi connectivity index (χ1) is 10.6.